The zero-order valence-corrected chi connectivity index (χ0v) is 12.7. The Bertz CT molecular complexity index is 812. The number of anilines is 1. The van der Waals surface area contributed by atoms with E-state index in [-0.39, 0.29) is 5.97 Å². The third kappa shape index (κ3) is 2.52. The van der Waals surface area contributed by atoms with E-state index in [9.17, 15) is 18.0 Å². The van der Waals surface area contributed by atoms with Gasteiger partial charge in [0.25, 0.3) is 0 Å². The van der Waals surface area contributed by atoms with Gasteiger partial charge in [0, 0.05) is 24.3 Å². The highest BCUT2D eigenvalue weighted by atomic mass is 19.4. The van der Waals surface area contributed by atoms with E-state index in [2.05, 4.69) is 0 Å². The van der Waals surface area contributed by atoms with Crippen molar-refractivity contribution in [1.29, 1.82) is 0 Å². The number of carbonyl (C=O) groups excluding carboxylic acids is 1. The molecule has 124 valence electrons. The lowest BCUT2D eigenvalue weighted by Gasteiger charge is -2.31. The Balaban J connectivity index is 1.60. The quantitative estimate of drug-likeness (QED) is 0.741. The molecule has 2 heterocycles. The minimum atomic E-state index is -4.33. The first-order valence-corrected chi connectivity index (χ1v) is 7.66. The van der Waals surface area contributed by atoms with Crippen LogP contribution >= 0.6 is 0 Å². The highest BCUT2D eigenvalue weighted by Gasteiger charge is 2.30. The maximum atomic E-state index is 12.7. The molecule has 0 fully saturated rings. The molecule has 0 radical (unpaired) electrons. The molecule has 0 unspecified atom stereocenters. The molecule has 0 saturated heterocycles. The molecule has 2 aliphatic rings. The van der Waals surface area contributed by atoms with Crippen LogP contribution in [-0.4, -0.2) is 12.5 Å². The number of fused-ring (bicyclic) bond motifs is 2. The summed E-state index contributed by atoms with van der Waals surface area (Å²) in [6, 6.07) is 9.07. The minimum absolute atomic E-state index is 0.306. The molecular formula is C18H14F3NO2. The van der Waals surface area contributed by atoms with Gasteiger partial charge in [0.1, 0.15) is 6.61 Å². The number of rotatable bonds is 1. The highest BCUT2D eigenvalue weighted by Crippen LogP contribution is 2.33. The van der Waals surface area contributed by atoms with Crippen molar-refractivity contribution in [3.8, 4) is 0 Å². The van der Waals surface area contributed by atoms with Gasteiger partial charge < -0.3 is 9.64 Å². The number of benzene rings is 2. The van der Waals surface area contributed by atoms with Crippen LogP contribution in [0.25, 0.3) is 0 Å². The van der Waals surface area contributed by atoms with Gasteiger partial charge in [0.05, 0.1) is 11.1 Å². The van der Waals surface area contributed by atoms with Gasteiger partial charge in [0.15, 0.2) is 0 Å². The molecule has 3 nitrogen and oxygen atoms in total. The predicted octanol–water partition coefficient (Wildman–Crippen LogP) is 3.94. The van der Waals surface area contributed by atoms with Crippen LogP contribution in [0.3, 0.4) is 0 Å². The lowest BCUT2D eigenvalue weighted by molar-refractivity contribution is -0.137. The Hall–Kier alpha value is -2.50. The second kappa shape index (κ2) is 5.26. The normalized spacial score (nSPS) is 16.6. The molecule has 2 aromatic carbocycles. The maximum absolute atomic E-state index is 12.7. The number of nitrogens with zero attached hydrogens (tertiary/aromatic N) is 1. The second-order valence-electron chi connectivity index (χ2n) is 6.07. The van der Waals surface area contributed by atoms with Crippen LogP contribution in [0.4, 0.5) is 18.9 Å². The third-order valence-electron chi connectivity index (χ3n) is 4.58. The molecule has 0 aromatic heterocycles. The maximum Gasteiger partial charge on any atom is 0.416 e. The number of hydrogen-bond acceptors (Lipinski definition) is 3. The molecule has 0 aliphatic carbocycles. The van der Waals surface area contributed by atoms with Crippen molar-refractivity contribution in [3.63, 3.8) is 0 Å². The summed E-state index contributed by atoms with van der Waals surface area (Å²) in [5, 5.41) is 0. The zero-order chi connectivity index (χ0) is 16.9. The van der Waals surface area contributed by atoms with E-state index in [4.69, 9.17) is 4.74 Å². The Morgan fingerprint density at radius 1 is 1.00 bits per heavy atom. The van der Waals surface area contributed by atoms with E-state index in [1.54, 1.807) is 0 Å². The van der Waals surface area contributed by atoms with Crippen LogP contribution in [-0.2, 0) is 30.5 Å². The van der Waals surface area contributed by atoms with E-state index < -0.39 is 11.7 Å². The van der Waals surface area contributed by atoms with E-state index in [1.165, 1.54) is 17.7 Å². The number of ether oxygens (including phenoxy) is 1. The van der Waals surface area contributed by atoms with Crippen molar-refractivity contribution in [1.82, 2.24) is 0 Å². The fraction of sp³-hybridized carbons (Fsp3) is 0.278. The van der Waals surface area contributed by atoms with E-state index in [0.717, 1.165) is 41.9 Å². The molecular weight excluding hydrogens is 319 g/mol. The van der Waals surface area contributed by atoms with Crippen molar-refractivity contribution in [3.05, 3.63) is 64.2 Å². The van der Waals surface area contributed by atoms with Gasteiger partial charge in [-0.2, -0.15) is 13.2 Å². The molecule has 0 atom stereocenters. The van der Waals surface area contributed by atoms with Gasteiger partial charge in [-0.05, 0) is 47.9 Å². The van der Waals surface area contributed by atoms with Gasteiger partial charge >= 0.3 is 12.1 Å². The Morgan fingerprint density at radius 3 is 2.46 bits per heavy atom. The Kier molecular flexibility index (Phi) is 3.30. The van der Waals surface area contributed by atoms with Crippen LogP contribution in [0, 0.1) is 0 Å². The fourth-order valence-corrected chi connectivity index (χ4v) is 3.27. The number of halogens is 3. The highest BCUT2D eigenvalue weighted by molar-refractivity contribution is 5.93. The Morgan fingerprint density at radius 2 is 1.75 bits per heavy atom. The van der Waals surface area contributed by atoms with Gasteiger partial charge in [-0.3, -0.25) is 0 Å². The van der Waals surface area contributed by atoms with Crippen molar-refractivity contribution in [2.24, 2.45) is 0 Å². The van der Waals surface area contributed by atoms with Crippen molar-refractivity contribution in [2.75, 3.05) is 11.4 Å². The van der Waals surface area contributed by atoms with Gasteiger partial charge in [-0.1, -0.05) is 6.07 Å². The van der Waals surface area contributed by atoms with Crippen molar-refractivity contribution in [2.45, 2.75) is 25.7 Å². The molecule has 6 heteroatoms. The fourth-order valence-electron chi connectivity index (χ4n) is 3.27. The first kappa shape index (κ1) is 15.1. The largest absolute Gasteiger partial charge is 0.457 e. The summed E-state index contributed by atoms with van der Waals surface area (Å²) in [5.41, 5.74) is 3.82. The Labute approximate surface area is 136 Å². The summed E-state index contributed by atoms with van der Waals surface area (Å²) in [7, 11) is 0. The minimum Gasteiger partial charge on any atom is -0.457 e. The number of hydrogen-bond donors (Lipinski definition) is 0. The van der Waals surface area contributed by atoms with E-state index in [0.29, 0.717) is 18.7 Å². The molecule has 0 bridgehead atoms. The predicted molar refractivity (Wildman–Crippen MR) is 81.8 cm³/mol. The van der Waals surface area contributed by atoms with Crippen LogP contribution < -0.4 is 4.90 Å². The average Bonchev–Trinajstić information content (AvgIpc) is 2.92. The smallest absolute Gasteiger partial charge is 0.416 e. The molecule has 0 saturated carbocycles. The van der Waals surface area contributed by atoms with Crippen molar-refractivity contribution >= 4 is 11.7 Å². The number of esters is 1. The zero-order valence-electron chi connectivity index (χ0n) is 12.7. The number of alkyl halides is 3. The first-order valence-electron chi connectivity index (χ1n) is 7.66. The molecule has 2 aromatic rings. The number of carbonyl (C=O) groups is 1. The standard InChI is InChI=1S/C18H14F3NO2/c19-18(20,21)14-1-3-15(4-2-14)22-6-5-11-7-13-10-24-17(23)16(13)8-12(11)9-22/h1-4,7-8H,5-6,9-10H2. The second-order valence-corrected chi connectivity index (χ2v) is 6.07. The number of cyclic esters (lactones) is 1. The van der Waals surface area contributed by atoms with Crippen molar-refractivity contribution < 1.29 is 22.7 Å². The van der Waals surface area contributed by atoms with E-state index in [1.807, 2.05) is 17.0 Å². The topological polar surface area (TPSA) is 29.5 Å². The summed E-state index contributed by atoms with van der Waals surface area (Å²) >= 11 is 0. The van der Waals surface area contributed by atoms with Gasteiger partial charge in [-0.25, -0.2) is 4.79 Å². The third-order valence-corrected chi connectivity index (χ3v) is 4.58. The molecule has 0 amide bonds. The lowest BCUT2D eigenvalue weighted by Crippen LogP contribution is -2.30. The monoisotopic (exact) mass is 333 g/mol. The molecule has 0 N–H and O–H groups in total. The average molecular weight is 333 g/mol. The molecule has 24 heavy (non-hydrogen) atoms. The van der Waals surface area contributed by atoms with E-state index >= 15 is 0 Å². The van der Waals surface area contributed by atoms with Gasteiger partial charge in [0.2, 0.25) is 0 Å². The summed E-state index contributed by atoms with van der Waals surface area (Å²) in [6.07, 6.45) is -3.54. The van der Waals surface area contributed by atoms with Crippen LogP contribution in [0.2, 0.25) is 0 Å². The summed E-state index contributed by atoms with van der Waals surface area (Å²) in [6.45, 7) is 1.62. The first-order chi connectivity index (χ1) is 11.4. The molecule has 0 spiro atoms. The van der Waals surface area contributed by atoms with Crippen LogP contribution in [0.5, 0.6) is 0 Å². The summed E-state index contributed by atoms with van der Waals surface area (Å²) < 4.78 is 43.0. The van der Waals surface area contributed by atoms with Crippen LogP contribution in [0.15, 0.2) is 36.4 Å². The summed E-state index contributed by atoms with van der Waals surface area (Å²) in [5.74, 6) is -0.306. The SMILES string of the molecule is O=C1OCc2cc3c(cc21)CN(c1ccc(C(F)(F)F)cc1)CC3. The molecule has 4 rings (SSSR count). The van der Waals surface area contributed by atoms with Gasteiger partial charge in [-0.15, -0.1) is 0 Å². The summed E-state index contributed by atoms with van der Waals surface area (Å²) in [4.78, 5) is 13.7. The van der Waals surface area contributed by atoms with Crippen LogP contribution in [0.1, 0.15) is 32.6 Å². The molecule has 2 aliphatic heterocycles. The lowest BCUT2D eigenvalue weighted by atomic mass is 9.94.